The zero-order valence-electron chi connectivity index (χ0n) is 25.6. The van der Waals surface area contributed by atoms with Crippen LogP contribution in [0.3, 0.4) is 0 Å². The first-order valence-corrected chi connectivity index (χ1v) is 15.3. The van der Waals surface area contributed by atoms with Crippen molar-refractivity contribution in [1.29, 1.82) is 0 Å². The third kappa shape index (κ3) is 3.27. The molecule has 1 aromatic heterocycles. The molecule has 3 fully saturated rings. The van der Waals surface area contributed by atoms with E-state index in [9.17, 15) is 9.59 Å². The number of fused-ring (bicyclic) bond motifs is 7. The van der Waals surface area contributed by atoms with Gasteiger partial charge < -0.3 is 9.32 Å². The Balaban J connectivity index is 1.53. The van der Waals surface area contributed by atoms with E-state index >= 15 is 0 Å². The summed E-state index contributed by atoms with van der Waals surface area (Å²) >= 11 is 0. The largest absolute Gasteiger partial charge is 0.339 e. The third-order valence-electron chi connectivity index (χ3n) is 13.1. The van der Waals surface area contributed by atoms with Crippen molar-refractivity contribution in [3.05, 3.63) is 46.6 Å². The Morgan fingerprint density at radius 1 is 1.02 bits per heavy atom. The summed E-state index contributed by atoms with van der Waals surface area (Å²) in [5.41, 5.74) is -0.318. The summed E-state index contributed by atoms with van der Waals surface area (Å²) in [5.74, 6) is 1.73. The number of aryl methyl sites for hydroxylation is 1. The molecule has 0 saturated heterocycles. The number of allylic oxidation sites excluding steroid dienone is 4. The van der Waals surface area contributed by atoms with Crippen molar-refractivity contribution in [2.24, 2.45) is 44.8 Å². The number of nitrogens with zero attached hydrogens (tertiary/aromatic N) is 3. The molecule has 0 spiro atoms. The van der Waals surface area contributed by atoms with Crippen LogP contribution in [-0.2, 0) is 21.4 Å². The minimum atomic E-state index is -0.642. The van der Waals surface area contributed by atoms with Gasteiger partial charge in [0.25, 0.3) is 0 Å². The summed E-state index contributed by atoms with van der Waals surface area (Å²) in [6, 6.07) is 0. The number of aromatic nitrogens is 2. The minimum Gasteiger partial charge on any atom is -0.339 e. The maximum Gasteiger partial charge on any atom is 0.226 e. The van der Waals surface area contributed by atoms with Gasteiger partial charge in [0, 0.05) is 28.6 Å². The predicted octanol–water partition coefficient (Wildman–Crippen LogP) is 7.46. The van der Waals surface area contributed by atoms with Crippen LogP contribution in [0.5, 0.6) is 0 Å². The van der Waals surface area contributed by atoms with Gasteiger partial charge in [-0.05, 0) is 79.1 Å². The molecule has 1 aromatic rings. The summed E-state index contributed by atoms with van der Waals surface area (Å²) in [6.07, 6.45) is 11.4. The summed E-state index contributed by atoms with van der Waals surface area (Å²) in [4.78, 5) is 36.5. The number of rotatable bonds is 2. The molecule has 6 rings (SSSR count). The van der Waals surface area contributed by atoms with E-state index in [0.29, 0.717) is 12.3 Å². The second kappa shape index (κ2) is 8.26. The molecule has 214 valence electrons. The number of ketones is 2. The first-order valence-electron chi connectivity index (χ1n) is 15.3. The lowest BCUT2D eigenvalue weighted by Gasteiger charge is -2.69. The Morgan fingerprint density at radius 3 is 2.38 bits per heavy atom. The van der Waals surface area contributed by atoms with E-state index < -0.39 is 10.8 Å². The van der Waals surface area contributed by atoms with Gasteiger partial charge in [0.15, 0.2) is 17.4 Å². The van der Waals surface area contributed by atoms with E-state index in [0.717, 1.165) is 56.3 Å². The average Bonchev–Trinajstić information content (AvgIpc) is 3.37. The molecule has 0 N–H and O–H groups in total. The molecule has 5 aliphatic rings. The number of hydrogen-bond donors (Lipinski definition) is 0. The van der Waals surface area contributed by atoms with Gasteiger partial charge in [-0.25, -0.2) is 4.85 Å². The summed E-state index contributed by atoms with van der Waals surface area (Å²) < 4.78 is 5.66. The van der Waals surface area contributed by atoms with Crippen LogP contribution in [0.4, 0.5) is 0 Å². The van der Waals surface area contributed by atoms with Gasteiger partial charge in [0.2, 0.25) is 11.6 Å². The number of carbonyl (C=O) groups is 2. The Morgan fingerprint density at radius 2 is 1.73 bits per heavy atom. The highest BCUT2D eigenvalue weighted by Crippen LogP contribution is 2.74. The van der Waals surface area contributed by atoms with Crippen molar-refractivity contribution in [2.45, 2.75) is 112 Å². The van der Waals surface area contributed by atoms with Gasteiger partial charge in [0.05, 0.1) is 6.57 Å². The van der Waals surface area contributed by atoms with Crippen LogP contribution in [0.2, 0.25) is 0 Å². The van der Waals surface area contributed by atoms with Gasteiger partial charge >= 0.3 is 0 Å². The summed E-state index contributed by atoms with van der Waals surface area (Å²) in [6.45, 7) is 25.5. The molecule has 6 nitrogen and oxygen atoms in total. The van der Waals surface area contributed by atoms with E-state index in [1.54, 1.807) is 0 Å². The molecule has 7 atom stereocenters. The fraction of sp³-hybridized carbons (Fsp3) is 0.735. The van der Waals surface area contributed by atoms with Gasteiger partial charge in [0.1, 0.15) is 0 Å². The van der Waals surface area contributed by atoms with Crippen molar-refractivity contribution in [3.63, 3.8) is 0 Å². The molecule has 0 unspecified atom stereocenters. The van der Waals surface area contributed by atoms with E-state index in [4.69, 9.17) is 16.1 Å². The molecule has 0 aliphatic heterocycles. The van der Waals surface area contributed by atoms with Crippen LogP contribution in [0.25, 0.3) is 4.85 Å². The van der Waals surface area contributed by atoms with E-state index in [1.165, 1.54) is 0 Å². The Labute approximate surface area is 239 Å². The van der Waals surface area contributed by atoms with Crippen molar-refractivity contribution in [2.75, 3.05) is 0 Å². The molecule has 40 heavy (non-hydrogen) atoms. The standard InChI is InChI=1S/C34H45N3O3/c1-10-25-36-28(37-40-25)34-15-13-29(2,3)18-20(34)26-22(38)17-24-31(6)19-21(35-9)27(39)30(4,5)23(31)11-12-32(24,7)33(26,8)14-16-34/h17,19-20,23,26H,10-16,18H2,1-8H3/t20-,23-,26-,31-,32+,33+,34-/m0/s1. The van der Waals surface area contributed by atoms with Crippen molar-refractivity contribution in [3.8, 4) is 0 Å². The lowest BCUT2D eigenvalue weighted by Crippen LogP contribution is -2.65. The second-order valence-corrected chi connectivity index (χ2v) is 15.8. The monoisotopic (exact) mass is 543 g/mol. The molecule has 6 heteroatoms. The highest BCUT2D eigenvalue weighted by Gasteiger charge is 2.70. The lowest BCUT2D eigenvalue weighted by atomic mass is 9.34. The van der Waals surface area contributed by atoms with Crippen LogP contribution in [0, 0.1) is 51.4 Å². The zero-order valence-corrected chi connectivity index (χ0v) is 25.6. The van der Waals surface area contributed by atoms with Gasteiger partial charge in [-0.1, -0.05) is 72.2 Å². The zero-order chi connectivity index (χ0) is 29.1. The molecule has 0 radical (unpaired) electrons. The number of carbonyl (C=O) groups excluding carboxylic acids is 2. The van der Waals surface area contributed by atoms with Crippen molar-refractivity contribution >= 4 is 11.6 Å². The van der Waals surface area contributed by atoms with Crippen LogP contribution in [0.1, 0.15) is 112 Å². The van der Waals surface area contributed by atoms with Crippen LogP contribution in [0.15, 0.2) is 27.9 Å². The molecule has 0 amide bonds. The SMILES string of the molecule is [C-]#[N+]C1=C[C@]2(C)C3=CC(=O)[C@@H]4[C@@H]5CC(C)(C)CC[C@]5(c5noc(CC)n5)CC[C@@]4(C)[C@]3(C)CC[C@H]2C(C)(C)C1=O. The fourth-order valence-electron chi connectivity index (χ4n) is 10.6. The average molecular weight is 544 g/mol. The van der Waals surface area contributed by atoms with Crippen LogP contribution >= 0.6 is 0 Å². The third-order valence-corrected chi connectivity index (χ3v) is 13.1. The molecule has 1 heterocycles. The Hall–Kier alpha value is -2.55. The normalized spacial score (nSPS) is 43.3. The number of Topliss-reactive ketones (excluding diaryl/α,β-unsaturated/α-hetero) is 1. The Bertz CT molecular complexity index is 1410. The number of hydrogen-bond acceptors (Lipinski definition) is 5. The first-order chi connectivity index (χ1) is 18.6. The van der Waals surface area contributed by atoms with Gasteiger partial charge in [-0.2, -0.15) is 4.98 Å². The minimum absolute atomic E-state index is 0.0566. The smallest absolute Gasteiger partial charge is 0.226 e. The van der Waals surface area contributed by atoms with E-state index in [1.807, 2.05) is 32.9 Å². The van der Waals surface area contributed by atoms with Gasteiger partial charge in [-0.15, -0.1) is 0 Å². The molecule has 3 saturated carbocycles. The molecular formula is C34H45N3O3. The lowest BCUT2D eigenvalue weighted by molar-refractivity contribution is -0.160. The summed E-state index contributed by atoms with van der Waals surface area (Å²) in [5, 5.41) is 4.54. The Kier molecular flexibility index (Phi) is 5.70. The van der Waals surface area contributed by atoms with E-state index in [2.05, 4.69) is 44.6 Å². The molecule has 5 aliphatic carbocycles. The fourth-order valence-corrected chi connectivity index (χ4v) is 10.6. The van der Waals surface area contributed by atoms with Crippen LogP contribution < -0.4 is 0 Å². The first kappa shape index (κ1) is 27.6. The maximum atomic E-state index is 14.6. The molecule has 0 aromatic carbocycles. The maximum absolute atomic E-state index is 14.6. The second-order valence-electron chi connectivity index (χ2n) is 15.8. The summed E-state index contributed by atoms with van der Waals surface area (Å²) in [7, 11) is 0. The van der Waals surface area contributed by atoms with Gasteiger partial charge in [-0.3, -0.25) is 4.79 Å². The van der Waals surface area contributed by atoms with Crippen LogP contribution in [-0.4, -0.2) is 21.7 Å². The topological polar surface area (TPSA) is 77.4 Å². The molecular weight excluding hydrogens is 498 g/mol. The molecule has 0 bridgehead atoms. The quantitative estimate of drug-likeness (QED) is 0.362. The predicted molar refractivity (Wildman–Crippen MR) is 153 cm³/mol. The highest BCUT2D eigenvalue weighted by atomic mass is 16.5. The van der Waals surface area contributed by atoms with Crippen molar-refractivity contribution in [1.82, 2.24) is 10.1 Å². The van der Waals surface area contributed by atoms with E-state index in [-0.39, 0.29) is 56.7 Å². The van der Waals surface area contributed by atoms with Crippen molar-refractivity contribution < 1.29 is 14.1 Å². The highest BCUT2D eigenvalue weighted by molar-refractivity contribution is 6.03.